The predicted molar refractivity (Wildman–Crippen MR) is 104 cm³/mol. The van der Waals surface area contributed by atoms with Crippen molar-refractivity contribution in [3.8, 4) is 22.0 Å². The van der Waals surface area contributed by atoms with E-state index in [1.807, 2.05) is 32.2 Å². The number of thiophene rings is 1. The van der Waals surface area contributed by atoms with Gasteiger partial charge in [0.1, 0.15) is 11.5 Å². The van der Waals surface area contributed by atoms with E-state index in [1.165, 1.54) is 5.56 Å². The Balaban J connectivity index is 1.44. The van der Waals surface area contributed by atoms with Crippen molar-refractivity contribution in [3.05, 3.63) is 64.8 Å². The van der Waals surface area contributed by atoms with E-state index in [0.717, 1.165) is 33.3 Å². The van der Waals surface area contributed by atoms with Gasteiger partial charge in [-0.3, -0.25) is 9.88 Å². The lowest BCUT2D eigenvalue weighted by molar-refractivity contribution is 0.264. The normalized spacial score (nSPS) is 11.4. The summed E-state index contributed by atoms with van der Waals surface area (Å²) in [4.78, 5) is 12.0. The fraction of sp³-hybridized carbons (Fsp3) is 0.250. The van der Waals surface area contributed by atoms with E-state index in [9.17, 15) is 0 Å². The summed E-state index contributed by atoms with van der Waals surface area (Å²) in [7, 11) is 2.02. The summed E-state index contributed by atoms with van der Waals surface area (Å²) in [5.41, 5.74) is 3.86. The van der Waals surface area contributed by atoms with Crippen LogP contribution in [-0.2, 0) is 13.1 Å². The monoisotopic (exact) mass is 380 g/mol. The molecule has 0 atom stereocenters. The second-order valence-electron chi connectivity index (χ2n) is 6.55. The molecule has 0 aliphatic carbocycles. The van der Waals surface area contributed by atoms with Gasteiger partial charge in [0.05, 0.1) is 17.1 Å². The molecule has 0 fully saturated rings. The molecule has 0 aliphatic rings. The number of aryl methyl sites for hydroxylation is 2. The van der Waals surface area contributed by atoms with E-state index in [4.69, 9.17) is 13.9 Å². The first-order valence-corrected chi connectivity index (χ1v) is 9.53. The molecule has 0 bridgehead atoms. The van der Waals surface area contributed by atoms with Crippen LogP contribution in [0.1, 0.15) is 22.8 Å². The van der Waals surface area contributed by atoms with Crippen molar-refractivity contribution in [1.82, 2.24) is 20.0 Å². The van der Waals surface area contributed by atoms with E-state index in [0.29, 0.717) is 19.0 Å². The quantitative estimate of drug-likeness (QED) is 0.483. The number of nitrogens with zero attached hydrogens (tertiary/aromatic N) is 4. The van der Waals surface area contributed by atoms with Gasteiger partial charge in [-0.2, -0.15) is 0 Å². The van der Waals surface area contributed by atoms with Crippen LogP contribution >= 0.6 is 11.3 Å². The molecule has 0 radical (unpaired) electrons. The minimum Gasteiger partial charge on any atom is -0.440 e. The third-order valence-corrected chi connectivity index (χ3v) is 5.32. The highest BCUT2D eigenvalue weighted by atomic mass is 32.1. The van der Waals surface area contributed by atoms with Crippen LogP contribution in [0.4, 0.5) is 0 Å². The summed E-state index contributed by atoms with van der Waals surface area (Å²) in [6.07, 6.45) is 3.52. The van der Waals surface area contributed by atoms with E-state index in [2.05, 4.69) is 33.4 Å². The Morgan fingerprint density at radius 3 is 2.81 bits per heavy atom. The zero-order valence-electron chi connectivity index (χ0n) is 15.5. The maximum atomic E-state index is 5.88. The van der Waals surface area contributed by atoms with E-state index in [1.54, 1.807) is 23.7 Å². The summed E-state index contributed by atoms with van der Waals surface area (Å²) in [5, 5.41) is 6.19. The predicted octanol–water partition coefficient (Wildman–Crippen LogP) is 4.70. The number of rotatable bonds is 6. The Hall–Kier alpha value is -2.77. The van der Waals surface area contributed by atoms with E-state index < -0.39 is 0 Å². The van der Waals surface area contributed by atoms with Gasteiger partial charge in [-0.25, -0.2) is 4.98 Å². The minimum absolute atomic E-state index is 0.632. The van der Waals surface area contributed by atoms with E-state index >= 15 is 0 Å². The number of hydrogen-bond donors (Lipinski definition) is 0. The minimum atomic E-state index is 0.632. The lowest BCUT2D eigenvalue weighted by Crippen LogP contribution is -2.17. The number of aromatic nitrogens is 3. The van der Waals surface area contributed by atoms with Crippen LogP contribution in [0.5, 0.6) is 0 Å². The zero-order chi connectivity index (χ0) is 18.8. The molecule has 0 saturated heterocycles. The third-order valence-electron chi connectivity index (χ3n) is 4.31. The van der Waals surface area contributed by atoms with Gasteiger partial charge < -0.3 is 8.94 Å². The first-order chi connectivity index (χ1) is 13.1. The Labute approximate surface area is 161 Å². The van der Waals surface area contributed by atoms with Crippen LogP contribution in [0.2, 0.25) is 0 Å². The van der Waals surface area contributed by atoms with Crippen molar-refractivity contribution >= 4 is 11.3 Å². The first kappa shape index (κ1) is 17.6. The van der Waals surface area contributed by atoms with Gasteiger partial charge in [0.15, 0.2) is 5.76 Å². The maximum Gasteiger partial charge on any atom is 0.237 e. The smallest absolute Gasteiger partial charge is 0.237 e. The molecule has 4 rings (SSSR count). The van der Waals surface area contributed by atoms with Crippen molar-refractivity contribution in [2.24, 2.45) is 0 Å². The number of oxazole rings is 1. The van der Waals surface area contributed by atoms with Crippen LogP contribution in [0.3, 0.4) is 0 Å². The van der Waals surface area contributed by atoms with Crippen molar-refractivity contribution in [2.75, 3.05) is 7.05 Å². The Kier molecular flexibility index (Phi) is 4.87. The third kappa shape index (κ3) is 3.84. The summed E-state index contributed by atoms with van der Waals surface area (Å²) < 4.78 is 11.4. The molecule has 0 aliphatic heterocycles. The highest BCUT2D eigenvalue weighted by Gasteiger charge is 2.16. The molecular formula is C20H20N4O2S. The fourth-order valence-corrected chi connectivity index (χ4v) is 3.73. The van der Waals surface area contributed by atoms with E-state index in [-0.39, 0.29) is 0 Å². The van der Waals surface area contributed by atoms with Crippen molar-refractivity contribution < 1.29 is 8.94 Å². The van der Waals surface area contributed by atoms with Crippen LogP contribution in [-0.4, -0.2) is 27.1 Å². The van der Waals surface area contributed by atoms with Gasteiger partial charge in [0.25, 0.3) is 0 Å². The summed E-state index contributed by atoms with van der Waals surface area (Å²) in [6, 6.07) is 7.87. The Morgan fingerprint density at radius 2 is 2.07 bits per heavy atom. The number of hydrogen-bond acceptors (Lipinski definition) is 7. The topological polar surface area (TPSA) is 68.2 Å². The van der Waals surface area contributed by atoms with Gasteiger partial charge in [-0.15, -0.1) is 11.3 Å². The second-order valence-corrected chi connectivity index (χ2v) is 7.46. The van der Waals surface area contributed by atoms with Crippen LogP contribution in [0.25, 0.3) is 22.0 Å². The van der Waals surface area contributed by atoms with Gasteiger partial charge in [0, 0.05) is 30.6 Å². The van der Waals surface area contributed by atoms with Gasteiger partial charge in [0.2, 0.25) is 5.89 Å². The molecular weight excluding hydrogens is 360 g/mol. The molecule has 0 amide bonds. The van der Waals surface area contributed by atoms with Crippen LogP contribution in [0, 0.1) is 13.8 Å². The van der Waals surface area contributed by atoms with Gasteiger partial charge >= 0.3 is 0 Å². The molecule has 4 aromatic heterocycles. The standard InChI is InChI=1S/C20H20N4O2S/c1-13-6-8-27-19(13)20-22-18(14(2)25-20)12-24(3)11-16-9-17(23-26-16)15-5-4-7-21-10-15/h4-10H,11-12H2,1-3H3. The highest BCUT2D eigenvalue weighted by Crippen LogP contribution is 2.30. The molecule has 0 saturated carbocycles. The largest absolute Gasteiger partial charge is 0.440 e. The summed E-state index contributed by atoms with van der Waals surface area (Å²) >= 11 is 1.65. The molecule has 0 spiro atoms. The summed E-state index contributed by atoms with van der Waals surface area (Å²) in [6.45, 7) is 5.33. The Bertz CT molecular complexity index is 1040. The van der Waals surface area contributed by atoms with Crippen molar-refractivity contribution in [3.63, 3.8) is 0 Å². The SMILES string of the molecule is Cc1ccsc1-c1nc(CN(C)Cc2cc(-c3cccnc3)no2)c(C)o1. The Morgan fingerprint density at radius 1 is 1.19 bits per heavy atom. The maximum absolute atomic E-state index is 5.88. The lowest BCUT2D eigenvalue weighted by Gasteiger charge is -2.12. The van der Waals surface area contributed by atoms with Gasteiger partial charge in [-0.1, -0.05) is 5.16 Å². The molecule has 6 nitrogen and oxygen atoms in total. The molecule has 4 heterocycles. The molecule has 4 aromatic rings. The zero-order valence-corrected chi connectivity index (χ0v) is 16.3. The molecule has 0 aromatic carbocycles. The molecule has 7 heteroatoms. The van der Waals surface area contributed by atoms with Crippen molar-refractivity contribution in [2.45, 2.75) is 26.9 Å². The average Bonchev–Trinajstić information content (AvgIpc) is 3.37. The average molecular weight is 380 g/mol. The number of pyridine rings is 1. The molecule has 27 heavy (non-hydrogen) atoms. The highest BCUT2D eigenvalue weighted by molar-refractivity contribution is 7.13. The fourth-order valence-electron chi connectivity index (χ4n) is 2.88. The lowest BCUT2D eigenvalue weighted by atomic mass is 10.2. The van der Waals surface area contributed by atoms with Crippen LogP contribution in [0.15, 0.2) is 51.0 Å². The summed E-state index contributed by atoms with van der Waals surface area (Å²) in [5.74, 6) is 2.34. The molecule has 0 N–H and O–H groups in total. The first-order valence-electron chi connectivity index (χ1n) is 8.65. The van der Waals surface area contributed by atoms with Crippen molar-refractivity contribution in [1.29, 1.82) is 0 Å². The van der Waals surface area contributed by atoms with Crippen LogP contribution < -0.4 is 0 Å². The van der Waals surface area contributed by atoms with Gasteiger partial charge in [-0.05, 0) is 50.0 Å². The second kappa shape index (κ2) is 7.46. The molecule has 138 valence electrons. The molecule has 0 unspecified atom stereocenters.